The Morgan fingerprint density at radius 2 is 2.35 bits per heavy atom. The number of hydrogen-bond acceptors (Lipinski definition) is 4. The SMILES string of the molecule is Cc1nc(C(=O)Nc2ccc(C#CCO)c(F)c2)cs1. The number of benzene rings is 1. The topological polar surface area (TPSA) is 62.2 Å². The third kappa shape index (κ3) is 3.41. The van der Waals surface area contributed by atoms with Gasteiger partial charge in [0.25, 0.3) is 5.91 Å². The molecule has 0 atom stereocenters. The van der Waals surface area contributed by atoms with Gasteiger partial charge in [-0.15, -0.1) is 11.3 Å². The number of aryl methyl sites for hydroxylation is 1. The van der Waals surface area contributed by atoms with E-state index in [1.54, 1.807) is 18.4 Å². The highest BCUT2D eigenvalue weighted by molar-refractivity contribution is 7.09. The average Bonchev–Trinajstić information content (AvgIpc) is 2.85. The normalized spacial score (nSPS) is 9.75. The molecule has 102 valence electrons. The van der Waals surface area contributed by atoms with Gasteiger partial charge in [-0.05, 0) is 25.1 Å². The van der Waals surface area contributed by atoms with E-state index in [2.05, 4.69) is 22.1 Å². The Bertz CT molecular complexity index is 701. The number of aliphatic hydroxyl groups excluding tert-OH is 1. The van der Waals surface area contributed by atoms with Gasteiger partial charge in [0.05, 0.1) is 10.6 Å². The summed E-state index contributed by atoms with van der Waals surface area (Å²) in [5.41, 5.74) is 0.798. The minimum absolute atomic E-state index is 0.168. The van der Waals surface area contributed by atoms with Crippen LogP contribution in [0.2, 0.25) is 0 Å². The first kappa shape index (κ1) is 14.2. The van der Waals surface area contributed by atoms with Gasteiger partial charge in [-0.3, -0.25) is 4.79 Å². The van der Waals surface area contributed by atoms with Crippen molar-refractivity contribution in [3.05, 3.63) is 45.7 Å². The lowest BCUT2D eigenvalue weighted by molar-refractivity contribution is 0.102. The van der Waals surface area contributed by atoms with E-state index in [-0.39, 0.29) is 18.1 Å². The van der Waals surface area contributed by atoms with Crippen molar-refractivity contribution in [2.24, 2.45) is 0 Å². The highest BCUT2D eigenvalue weighted by Crippen LogP contribution is 2.16. The summed E-state index contributed by atoms with van der Waals surface area (Å²) >= 11 is 1.37. The van der Waals surface area contributed by atoms with Crippen LogP contribution in [0.25, 0.3) is 0 Å². The predicted molar refractivity (Wildman–Crippen MR) is 75.2 cm³/mol. The number of carbonyl (C=O) groups excluding carboxylic acids is 1. The van der Waals surface area contributed by atoms with Crippen LogP contribution in [0.5, 0.6) is 0 Å². The van der Waals surface area contributed by atoms with Gasteiger partial charge in [0.2, 0.25) is 0 Å². The molecule has 0 aliphatic carbocycles. The summed E-state index contributed by atoms with van der Waals surface area (Å²) in [5.74, 6) is 3.90. The number of halogens is 1. The standard InChI is InChI=1S/C14H11FN2O2S/c1-9-16-13(8-20-9)14(19)17-11-5-4-10(3-2-6-18)12(15)7-11/h4-5,7-8,18H,6H2,1H3,(H,17,19). The van der Waals surface area contributed by atoms with Gasteiger partial charge >= 0.3 is 0 Å². The molecule has 0 saturated carbocycles. The van der Waals surface area contributed by atoms with Gasteiger partial charge in [0, 0.05) is 11.1 Å². The number of carbonyl (C=O) groups is 1. The number of nitrogens with zero attached hydrogens (tertiary/aromatic N) is 1. The lowest BCUT2D eigenvalue weighted by Gasteiger charge is -2.04. The van der Waals surface area contributed by atoms with Crippen molar-refractivity contribution in [2.75, 3.05) is 11.9 Å². The zero-order valence-electron chi connectivity index (χ0n) is 10.6. The van der Waals surface area contributed by atoms with Crippen molar-refractivity contribution >= 4 is 22.9 Å². The van der Waals surface area contributed by atoms with Crippen LogP contribution in [0.15, 0.2) is 23.6 Å². The summed E-state index contributed by atoms with van der Waals surface area (Å²) in [6.45, 7) is 1.47. The van der Waals surface area contributed by atoms with E-state index in [1.807, 2.05) is 0 Å². The first-order valence-corrected chi connectivity index (χ1v) is 6.61. The first-order chi connectivity index (χ1) is 9.60. The van der Waals surface area contributed by atoms with Crippen LogP contribution in [0.3, 0.4) is 0 Å². The van der Waals surface area contributed by atoms with E-state index < -0.39 is 5.82 Å². The fraction of sp³-hybridized carbons (Fsp3) is 0.143. The largest absolute Gasteiger partial charge is 0.384 e. The Balaban J connectivity index is 2.14. The van der Waals surface area contributed by atoms with Crippen molar-refractivity contribution in [3.63, 3.8) is 0 Å². The van der Waals surface area contributed by atoms with E-state index in [0.29, 0.717) is 11.4 Å². The van der Waals surface area contributed by atoms with Gasteiger partial charge in [-0.25, -0.2) is 9.37 Å². The van der Waals surface area contributed by atoms with Gasteiger partial charge in [0.15, 0.2) is 0 Å². The molecule has 4 nitrogen and oxygen atoms in total. The Labute approximate surface area is 119 Å². The minimum Gasteiger partial charge on any atom is -0.384 e. The van der Waals surface area contributed by atoms with E-state index in [0.717, 1.165) is 5.01 Å². The number of amides is 1. The fourth-order valence-corrected chi connectivity index (χ4v) is 2.08. The van der Waals surface area contributed by atoms with Crippen molar-refractivity contribution in [2.45, 2.75) is 6.92 Å². The van der Waals surface area contributed by atoms with Crippen LogP contribution >= 0.6 is 11.3 Å². The number of nitrogens with one attached hydrogen (secondary N) is 1. The summed E-state index contributed by atoms with van der Waals surface area (Å²) in [6, 6.07) is 4.17. The van der Waals surface area contributed by atoms with Crippen molar-refractivity contribution in [3.8, 4) is 11.8 Å². The summed E-state index contributed by atoms with van der Waals surface area (Å²) in [5, 5.41) is 13.6. The molecule has 1 amide bonds. The summed E-state index contributed by atoms with van der Waals surface area (Å²) in [4.78, 5) is 15.9. The molecule has 2 rings (SSSR count). The van der Waals surface area contributed by atoms with Crippen LogP contribution < -0.4 is 5.32 Å². The van der Waals surface area contributed by atoms with Crippen LogP contribution in [0, 0.1) is 24.6 Å². The van der Waals surface area contributed by atoms with Crippen molar-refractivity contribution < 1.29 is 14.3 Å². The second kappa shape index (κ2) is 6.28. The van der Waals surface area contributed by atoms with E-state index >= 15 is 0 Å². The minimum atomic E-state index is -0.557. The quantitative estimate of drug-likeness (QED) is 0.833. The van der Waals surface area contributed by atoms with Gasteiger partial charge in [0.1, 0.15) is 18.1 Å². The van der Waals surface area contributed by atoms with E-state index in [4.69, 9.17) is 5.11 Å². The van der Waals surface area contributed by atoms with E-state index in [1.165, 1.54) is 23.5 Å². The molecule has 0 saturated heterocycles. The first-order valence-electron chi connectivity index (χ1n) is 5.73. The molecular weight excluding hydrogens is 279 g/mol. The molecule has 1 heterocycles. The van der Waals surface area contributed by atoms with Crippen LogP contribution in [0.4, 0.5) is 10.1 Å². The number of anilines is 1. The third-order valence-corrected chi connectivity index (χ3v) is 3.15. The number of aliphatic hydroxyl groups is 1. The highest BCUT2D eigenvalue weighted by atomic mass is 32.1. The summed E-state index contributed by atoms with van der Waals surface area (Å²) in [7, 11) is 0. The molecule has 2 aromatic rings. The zero-order chi connectivity index (χ0) is 14.5. The highest BCUT2D eigenvalue weighted by Gasteiger charge is 2.10. The Morgan fingerprint density at radius 3 is 2.95 bits per heavy atom. The van der Waals surface area contributed by atoms with Gasteiger partial charge in [-0.2, -0.15) is 0 Å². The lowest BCUT2D eigenvalue weighted by Crippen LogP contribution is -2.12. The molecule has 0 aliphatic rings. The Kier molecular flexibility index (Phi) is 4.45. The summed E-state index contributed by atoms with van der Waals surface area (Å²) < 4.78 is 13.7. The van der Waals surface area contributed by atoms with Gasteiger partial charge < -0.3 is 10.4 Å². The van der Waals surface area contributed by atoms with Crippen LogP contribution in [-0.4, -0.2) is 22.6 Å². The van der Waals surface area contributed by atoms with Crippen LogP contribution in [0.1, 0.15) is 21.1 Å². The van der Waals surface area contributed by atoms with Crippen LogP contribution in [-0.2, 0) is 0 Å². The molecule has 0 unspecified atom stereocenters. The van der Waals surface area contributed by atoms with E-state index in [9.17, 15) is 9.18 Å². The maximum atomic E-state index is 13.7. The lowest BCUT2D eigenvalue weighted by atomic mass is 10.2. The van der Waals surface area contributed by atoms with Crippen molar-refractivity contribution in [1.29, 1.82) is 0 Å². The fourth-order valence-electron chi connectivity index (χ4n) is 1.49. The maximum absolute atomic E-state index is 13.7. The monoisotopic (exact) mass is 290 g/mol. The molecule has 1 aromatic heterocycles. The predicted octanol–water partition coefficient (Wildman–Crippen LogP) is 2.19. The molecule has 20 heavy (non-hydrogen) atoms. The molecule has 1 aromatic carbocycles. The summed E-state index contributed by atoms with van der Waals surface area (Å²) in [6.07, 6.45) is 0. The number of thiazole rings is 1. The Morgan fingerprint density at radius 1 is 1.55 bits per heavy atom. The molecule has 6 heteroatoms. The number of hydrogen-bond donors (Lipinski definition) is 2. The smallest absolute Gasteiger partial charge is 0.275 e. The number of rotatable bonds is 2. The molecule has 0 spiro atoms. The maximum Gasteiger partial charge on any atom is 0.275 e. The molecule has 0 fully saturated rings. The molecule has 2 N–H and O–H groups in total. The second-order valence-corrected chi connectivity index (χ2v) is 4.92. The van der Waals surface area contributed by atoms with Gasteiger partial charge in [-0.1, -0.05) is 11.8 Å². The molecular formula is C14H11FN2O2S. The van der Waals surface area contributed by atoms with Crippen molar-refractivity contribution in [1.82, 2.24) is 4.98 Å². The second-order valence-electron chi connectivity index (χ2n) is 3.86. The third-order valence-electron chi connectivity index (χ3n) is 2.38. The molecule has 0 aliphatic heterocycles. The Hall–Kier alpha value is -2.23. The zero-order valence-corrected chi connectivity index (χ0v) is 11.4. The molecule has 0 radical (unpaired) electrons. The molecule has 0 bridgehead atoms. The number of aromatic nitrogens is 1. The average molecular weight is 290 g/mol.